The molecule has 0 bridgehead atoms. The highest BCUT2D eigenvalue weighted by atomic mass is 127. The molecule has 1 aliphatic rings. The maximum atomic E-state index is 5.81. The van der Waals surface area contributed by atoms with Gasteiger partial charge in [0.15, 0.2) is 5.96 Å². The lowest BCUT2D eigenvalue weighted by atomic mass is 10.1. The van der Waals surface area contributed by atoms with E-state index >= 15 is 0 Å². The Balaban J connectivity index is 0.00000261. The Hall–Kier alpha value is -1.38. The van der Waals surface area contributed by atoms with Crippen molar-refractivity contribution < 1.29 is 0 Å². The van der Waals surface area contributed by atoms with Gasteiger partial charge in [-0.2, -0.15) is 0 Å². The molecule has 0 spiro atoms. The SMILES string of the molecule is CN=C(NCc1ccc(CN2CCCC2)cc1)NCc1ccc(Cl)nc1.I. The summed E-state index contributed by atoms with van der Waals surface area (Å²) in [5, 5.41) is 7.13. The molecule has 7 heteroatoms. The zero-order chi connectivity index (χ0) is 18.2. The molecule has 0 aliphatic carbocycles. The number of hydrogen-bond donors (Lipinski definition) is 2. The van der Waals surface area contributed by atoms with Crippen LogP contribution in [0.15, 0.2) is 47.6 Å². The predicted octanol–water partition coefficient (Wildman–Crippen LogP) is 3.81. The molecule has 0 saturated carbocycles. The van der Waals surface area contributed by atoms with Crippen LogP contribution >= 0.6 is 35.6 Å². The van der Waals surface area contributed by atoms with E-state index in [1.807, 2.05) is 6.07 Å². The predicted molar refractivity (Wildman–Crippen MR) is 123 cm³/mol. The first kappa shape index (κ1) is 21.9. The van der Waals surface area contributed by atoms with Crippen LogP contribution in [0.1, 0.15) is 29.5 Å². The van der Waals surface area contributed by atoms with Gasteiger partial charge in [-0.05, 0) is 48.7 Å². The zero-order valence-electron chi connectivity index (χ0n) is 15.6. The van der Waals surface area contributed by atoms with Crippen LogP contribution in [0.4, 0.5) is 0 Å². The van der Waals surface area contributed by atoms with Gasteiger partial charge >= 0.3 is 0 Å². The van der Waals surface area contributed by atoms with Gasteiger partial charge in [-0.1, -0.05) is 41.9 Å². The molecule has 1 aromatic heterocycles. The lowest BCUT2D eigenvalue weighted by Gasteiger charge is -2.15. The third kappa shape index (κ3) is 7.27. The minimum atomic E-state index is 0. The van der Waals surface area contributed by atoms with E-state index < -0.39 is 0 Å². The third-order valence-corrected chi connectivity index (χ3v) is 4.78. The number of benzene rings is 1. The van der Waals surface area contributed by atoms with E-state index in [0.29, 0.717) is 11.7 Å². The second-order valence-electron chi connectivity index (χ2n) is 6.57. The number of nitrogens with zero attached hydrogens (tertiary/aromatic N) is 3. The Bertz CT molecular complexity index is 712. The smallest absolute Gasteiger partial charge is 0.191 e. The van der Waals surface area contributed by atoms with Crippen molar-refractivity contribution in [2.75, 3.05) is 20.1 Å². The molecule has 1 saturated heterocycles. The lowest BCUT2D eigenvalue weighted by Crippen LogP contribution is -2.36. The van der Waals surface area contributed by atoms with Gasteiger partial charge in [0.2, 0.25) is 0 Å². The number of aromatic nitrogens is 1. The fourth-order valence-corrected chi connectivity index (χ4v) is 3.18. The van der Waals surface area contributed by atoms with Crippen LogP contribution in [-0.4, -0.2) is 36.0 Å². The fourth-order valence-electron chi connectivity index (χ4n) is 3.06. The molecule has 1 fully saturated rings. The van der Waals surface area contributed by atoms with Gasteiger partial charge in [0.1, 0.15) is 5.15 Å². The summed E-state index contributed by atoms with van der Waals surface area (Å²) in [6, 6.07) is 12.6. The molecule has 3 rings (SSSR count). The van der Waals surface area contributed by atoms with E-state index in [9.17, 15) is 0 Å². The highest BCUT2D eigenvalue weighted by Gasteiger charge is 2.11. The molecule has 1 aliphatic heterocycles. The van der Waals surface area contributed by atoms with Gasteiger partial charge in [0.25, 0.3) is 0 Å². The number of guanidine groups is 1. The number of pyridine rings is 1. The molecule has 0 amide bonds. The van der Waals surface area contributed by atoms with Crippen molar-refractivity contribution in [2.24, 2.45) is 4.99 Å². The summed E-state index contributed by atoms with van der Waals surface area (Å²) in [6.07, 6.45) is 4.43. The van der Waals surface area contributed by atoms with E-state index in [4.69, 9.17) is 11.6 Å². The highest BCUT2D eigenvalue weighted by Crippen LogP contribution is 2.13. The van der Waals surface area contributed by atoms with E-state index in [2.05, 4.69) is 49.8 Å². The molecule has 2 N–H and O–H groups in total. The molecule has 5 nitrogen and oxygen atoms in total. The molecule has 0 radical (unpaired) electrons. The normalized spacial score (nSPS) is 14.7. The first-order chi connectivity index (χ1) is 12.7. The van der Waals surface area contributed by atoms with Crippen molar-refractivity contribution in [3.05, 3.63) is 64.4 Å². The van der Waals surface area contributed by atoms with Gasteiger partial charge in [0.05, 0.1) is 0 Å². The zero-order valence-corrected chi connectivity index (χ0v) is 18.7. The largest absolute Gasteiger partial charge is 0.352 e. The summed E-state index contributed by atoms with van der Waals surface area (Å²) in [4.78, 5) is 10.9. The Kier molecular flexibility index (Phi) is 9.30. The summed E-state index contributed by atoms with van der Waals surface area (Å²) < 4.78 is 0. The number of hydrogen-bond acceptors (Lipinski definition) is 3. The maximum Gasteiger partial charge on any atom is 0.191 e. The van der Waals surface area contributed by atoms with Crippen molar-refractivity contribution in [3.8, 4) is 0 Å². The standard InChI is InChI=1S/C20H26ClN5.HI/c1-22-20(25-14-18-8-9-19(21)23-13-18)24-12-16-4-6-17(7-5-16)15-26-10-2-3-11-26;/h4-9,13H,2-3,10-12,14-15H2,1H3,(H2,22,24,25);1H. The lowest BCUT2D eigenvalue weighted by molar-refractivity contribution is 0.331. The Morgan fingerprint density at radius 2 is 1.59 bits per heavy atom. The minimum absolute atomic E-state index is 0. The van der Waals surface area contributed by atoms with Crippen LogP contribution in [0, 0.1) is 0 Å². The topological polar surface area (TPSA) is 52.6 Å². The Morgan fingerprint density at radius 1 is 1.00 bits per heavy atom. The van der Waals surface area contributed by atoms with Gasteiger partial charge in [-0.25, -0.2) is 4.98 Å². The third-order valence-electron chi connectivity index (χ3n) is 4.56. The van der Waals surface area contributed by atoms with Crippen LogP contribution in [0.2, 0.25) is 5.15 Å². The minimum Gasteiger partial charge on any atom is -0.352 e. The molecule has 27 heavy (non-hydrogen) atoms. The van der Waals surface area contributed by atoms with Gasteiger partial charge in [0, 0.05) is 32.9 Å². The molecule has 2 aromatic rings. The summed E-state index contributed by atoms with van der Waals surface area (Å²) in [7, 11) is 1.77. The number of rotatable bonds is 6. The van der Waals surface area contributed by atoms with Crippen LogP contribution in [0.3, 0.4) is 0 Å². The second-order valence-corrected chi connectivity index (χ2v) is 6.96. The van der Waals surface area contributed by atoms with Gasteiger partial charge in [-0.15, -0.1) is 24.0 Å². The first-order valence-electron chi connectivity index (χ1n) is 9.08. The van der Waals surface area contributed by atoms with Gasteiger partial charge in [-0.3, -0.25) is 9.89 Å². The van der Waals surface area contributed by atoms with Crippen molar-refractivity contribution >= 4 is 41.5 Å². The van der Waals surface area contributed by atoms with Crippen LogP contribution in [-0.2, 0) is 19.6 Å². The van der Waals surface area contributed by atoms with Crippen molar-refractivity contribution in [1.29, 1.82) is 0 Å². The fraction of sp³-hybridized carbons (Fsp3) is 0.400. The number of halogens is 2. The summed E-state index contributed by atoms with van der Waals surface area (Å²) in [5.74, 6) is 0.765. The quantitative estimate of drug-likeness (QED) is 0.275. The Morgan fingerprint density at radius 3 is 2.19 bits per heavy atom. The molecule has 0 atom stereocenters. The van der Waals surface area contributed by atoms with Crippen LogP contribution in [0.25, 0.3) is 0 Å². The molecule has 0 unspecified atom stereocenters. The number of aliphatic imine (C=N–C) groups is 1. The van der Waals surface area contributed by atoms with E-state index in [1.165, 1.54) is 37.1 Å². The maximum absolute atomic E-state index is 5.81. The summed E-state index contributed by atoms with van der Waals surface area (Å²) in [5.41, 5.74) is 3.68. The van der Waals surface area contributed by atoms with Gasteiger partial charge < -0.3 is 10.6 Å². The summed E-state index contributed by atoms with van der Waals surface area (Å²) in [6.45, 7) is 4.91. The molecule has 146 valence electrons. The number of nitrogens with one attached hydrogen (secondary N) is 2. The average molecular weight is 500 g/mol. The molecular formula is C20H27ClIN5. The van der Waals surface area contributed by atoms with Crippen LogP contribution < -0.4 is 10.6 Å². The average Bonchev–Trinajstić information content (AvgIpc) is 3.17. The van der Waals surface area contributed by atoms with Crippen molar-refractivity contribution in [1.82, 2.24) is 20.5 Å². The summed E-state index contributed by atoms with van der Waals surface area (Å²) >= 11 is 5.81. The van der Waals surface area contributed by atoms with Crippen molar-refractivity contribution in [2.45, 2.75) is 32.5 Å². The number of likely N-dealkylation sites (tertiary alicyclic amines) is 1. The highest BCUT2D eigenvalue weighted by molar-refractivity contribution is 14.0. The monoisotopic (exact) mass is 499 g/mol. The molecular weight excluding hydrogens is 473 g/mol. The molecule has 2 heterocycles. The van der Waals surface area contributed by atoms with E-state index in [-0.39, 0.29) is 24.0 Å². The Labute approximate surface area is 183 Å². The second kappa shape index (κ2) is 11.5. The van der Waals surface area contributed by atoms with Crippen LogP contribution in [0.5, 0.6) is 0 Å². The van der Waals surface area contributed by atoms with E-state index in [1.54, 1.807) is 19.3 Å². The van der Waals surface area contributed by atoms with Crippen molar-refractivity contribution in [3.63, 3.8) is 0 Å². The van der Waals surface area contributed by atoms with E-state index in [0.717, 1.165) is 24.6 Å². The first-order valence-corrected chi connectivity index (χ1v) is 9.46. The molecule has 1 aromatic carbocycles.